The Hall–Kier alpha value is -1.45. The number of carbonyl (C=O) groups excluding carboxylic acids is 3. The molecular formula is C28H50O4. The molecule has 0 amide bonds. The summed E-state index contributed by atoms with van der Waals surface area (Å²) >= 11 is 0. The van der Waals surface area contributed by atoms with Crippen molar-refractivity contribution in [2.24, 2.45) is 5.92 Å². The van der Waals surface area contributed by atoms with Gasteiger partial charge in [-0.3, -0.25) is 9.59 Å². The van der Waals surface area contributed by atoms with Gasteiger partial charge in [-0.05, 0) is 44.9 Å². The van der Waals surface area contributed by atoms with Gasteiger partial charge in [0.25, 0.3) is 0 Å². The van der Waals surface area contributed by atoms with Gasteiger partial charge in [0.05, 0.1) is 5.92 Å². The number of hydrogen-bond acceptors (Lipinski definition) is 4. The van der Waals surface area contributed by atoms with Crippen LogP contribution in [0.5, 0.6) is 0 Å². The van der Waals surface area contributed by atoms with E-state index in [4.69, 9.17) is 4.74 Å². The standard InChI is InChI=1S/C28H50O4/c1-3-5-7-8-9-10-11-12-13-14-15-16-17-18-20-24-27(30)32-28(31)26(23-21-25-29)22-19-6-4-2/h12-13,25-26H,3-11,14-24H2,1-2H3. The molecule has 0 aliphatic carbocycles. The molecule has 1 unspecified atom stereocenters. The van der Waals surface area contributed by atoms with E-state index in [1.165, 1.54) is 57.8 Å². The molecule has 0 aromatic rings. The first-order chi connectivity index (χ1) is 15.7. The first kappa shape index (κ1) is 30.6. The molecule has 4 heteroatoms. The van der Waals surface area contributed by atoms with Crippen LogP contribution in [-0.4, -0.2) is 18.2 Å². The average molecular weight is 451 g/mol. The maximum Gasteiger partial charge on any atom is 0.316 e. The minimum absolute atomic E-state index is 0.305. The molecule has 0 saturated carbocycles. The zero-order valence-electron chi connectivity index (χ0n) is 21.1. The summed E-state index contributed by atoms with van der Waals surface area (Å²) in [6.07, 6.45) is 26.1. The van der Waals surface area contributed by atoms with Gasteiger partial charge in [-0.1, -0.05) is 96.6 Å². The largest absolute Gasteiger partial charge is 0.393 e. The fourth-order valence-corrected chi connectivity index (χ4v) is 3.88. The van der Waals surface area contributed by atoms with Gasteiger partial charge in [0.15, 0.2) is 0 Å². The Kier molecular flexibility index (Phi) is 23.1. The predicted octanol–water partition coefficient (Wildman–Crippen LogP) is 8.27. The number of carbonyl (C=O) groups is 3. The number of aldehydes is 1. The number of allylic oxidation sites excluding steroid dienone is 2. The van der Waals surface area contributed by atoms with E-state index in [9.17, 15) is 14.4 Å². The van der Waals surface area contributed by atoms with Crippen molar-refractivity contribution in [3.05, 3.63) is 12.2 Å². The van der Waals surface area contributed by atoms with Crippen molar-refractivity contribution in [3.63, 3.8) is 0 Å². The molecule has 0 aliphatic rings. The van der Waals surface area contributed by atoms with Crippen molar-refractivity contribution < 1.29 is 19.1 Å². The van der Waals surface area contributed by atoms with Crippen molar-refractivity contribution in [2.75, 3.05) is 0 Å². The molecule has 0 radical (unpaired) electrons. The summed E-state index contributed by atoms with van der Waals surface area (Å²) in [5.41, 5.74) is 0. The smallest absolute Gasteiger partial charge is 0.316 e. The van der Waals surface area contributed by atoms with E-state index < -0.39 is 11.9 Å². The van der Waals surface area contributed by atoms with Crippen molar-refractivity contribution in [3.8, 4) is 0 Å². The van der Waals surface area contributed by atoms with Crippen LogP contribution >= 0.6 is 0 Å². The van der Waals surface area contributed by atoms with Crippen LogP contribution in [-0.2, 0) is 19.1 Å². The van der Waals surface area contributed by atoms with Gasteiger partial charge < -0.3 is 9.53 Å². The predicted molar refractivity (Wildman–Crippen MR) is 133 cm³/mol. The lowest BCUT2D eigenvalue weighted by atomic mass is 9.96. The summed E-state index contributed by atoms with van der Waals surface area (Å²) in [5.74, 6) is -1.19. The summed E-state index contributed by atoms with van der Waals surface area (Å²) in [5, 5.41) is 0. The average Bonchev–Trinajstić information content (AvgIpc) is 2.78. The van der Waals surface area contributed by atoms with E-state index in [0.29, 0.717) is 25.7 Å². The van der Waals surface area contributed by atoms with Crippen molar-refractivity contribution >= 4 is 18.2 Å². The highest BCUT2D eigenvalue weighted by Crippen LogP contribution is 2.18. The Morgan fingerprint density at radius 3 is 1.78 bits per heavy atom. The molecule has 0 saturated heterocycles. The molecule has 1 atom stereocenters. The fourth-order valence-electron chi connectivity index (χ4n) is 3.88. The third kappa shape index (κ3) is 20.5. The maximum absolute atomic E-state index is 12.2. The van der Waals surface area contributed by atoms with E-state index in [1.54, 1.807) is 0 Å². The third-order valence-corrected chi connectivity index (χ3v) is 5.98. The highest BCUT2D eigenvalue weighted by Gasteiger charge is 2.21. The third-order valence-electron chi connectivity index (χ3n) is 5.98. The Morgan fingerprint density at radius 1 is 0.656 bits per heavy atom. The second kappa shape index (κ2) is 24.2. The molecule has 186 valence electrons. The van der Waals surface area contributed by atoms with Crippen molar-refractivity contribution in [2.45, 2.75) is 142 Å². The Bertz CT molecular complexity index is 484. The van der Waals surface area contributed by atoms with Crippen LogP contribution in [0.3, 0.4) is 0 Å². The highest BCUT2D eigenvalue weighted by molar-refractivity contribution is 5.86. The maximum atomic E-state index is 12.2. The first-order valence-electron chi connectivity index (χ1n) is 13.5. The number of rotatable bonds is 23. The minimum atomic E-state index is -0.444. The molecule has 0 heterocycles. The van der Waals surface area contributed by atoms with Gasteiger partial charge in [0.1, 0.15) is 6.29 Å². The molecule has 0 spiro atoms. The second-order valence-electron chi connectivity index (χ2n) is 9.06. The van der Waals surface area contributed by atoms with Crippen LogP contribution in [0.25, 0.3) is 0 Å². The zero-order chi connectivity index (χ0) is 23.7. The summed E-state index contributed by atoms with van der Waals surface area (Å²) < 4.78 is 5.06. The number of hydrogen-bond donors (Lipinski definition) is 0. The van der Waals surface area contributed by atoms with Crippen LogP contribution in [0, 0.1) is 5.92 Å². The minimum Gasteiger partial charge on any atom is -0.393 e. The van der Waals surface area contributed by atoms with Gasteiger partial charge in [-0.15, -0.1) is 0 Å². The van der Waals surface area contributed by atoms with E-state index in [0.717, 1.165) is 51.2 Å². The van der Waals surface area contributed by atoms with Gasteiger partial charge in [-0.2, -0.15) is 0 Å². The summed E-state index contributed by atoms with van der Waals surface area (Å²) in [7, 11) is 0. The van der Waals surface area contributed by atoms with Crippen LogP contribution in [0.4, 0.5) is 0 Å². The Labute approximate surface area is 198 Å². The number of ether oxygens (including phenoxy) is 1. The van der Waals surface area contributed by atoms with E-state index in [2.05, 4.69) is 26.0 Å². The van der Waals surface area contributed by atoms with Crippen molar-refractivity contribution in [1.82, 2.24) is 0 Å². The van der Waals surface area contributed by atoms with Crippen LogP contribution in [0.15, 0.2) is 12.2 Å². The number of esters is 2. The molecule has 0 fully saturated rings. The van der Waals surface area contributed by atoms with E-state index in [-0.39, 0.29) is 5.92 Å². The zero-order valence-corrected chi connectivity index (χ0v) is 21.1. The molecule has 0 aromatic heterocycles. The first-order valence-corrected chi connectivity index (χ1v) is 13.5. The SMILES string of the molecule is CCCCCCCCC=CCCCCCCCC(=O)OC(=O)C(CCC=O)CCCCC. The normalized spacial score (nSPS) is 12.2. The summed E-state index contributed by atoms with van der Waals surface area (Å²) in [4.78, 5) is 34.9. The van der Waals surface area contributed by atoms with Crippen LogP contribution in [0.2, 0.25) is 0 Å². The van der Waals surface area contributed by atoms with E-state index >= 15 is 0 Å². The molecule has 4 nitrogen and oxygen atoms in total. The molecule has 0 bridgehead atoms. The topological polar surface area (TPSA) is 60.4 Å². The Morgan fingerprint density at radius 2 is 1.19 bits per heavy atom. The lowest BCUT2D eigenvalue weighted by molar-refractivity contribution is -0.163. The lowest BCUT2D eigenvalue weighted by Crippen LogP contribution is -2.21. The van der Waals surface area contributed by atoms with Crippen LogP contribution < -0.4 is 0 Å². The van der Waals surface area contributed by atoms with Gasteiger partial charge >= 0.3 is 11.9 Å². The Balaban J connectivity index is 3.69. The van der Waals surface area contributed by atoms with Gasteiger partial charge in [0.2, 0.25) is 0 Å². The molecule has 0 N–H and O–H groups in total. The quantitative estimate of drug-likeness (QED) is 0.0516. The number of unbranched alkanes of at least 4 members (excludes halogenated alkanes) is 13. The summed E-state index contributed by atoms with van der Waals surface area (Å²) in [6, 6.07) is 0. The van der Waals surface area contributed by atoms with E-state index in [1.807, 2.05) is 0 Å². The van der Waals surface area contributed by atoms with Crippen LogP contribution in [0.1, 0.15) is 142 Å². The summed E-state index contributed by atoms with van der Waals surface area (Å²) in [6.45, 7) is 4.36. The molecular weight excluding hydrogens is 400 g/mol. The monoisotopic (exact) mass is 450 g/mol. The molecule has 0 rings (SSSR count). The van der Waals surface area contributed by atoms with Gasteiger partial charge in [-0.25, -0.2) is 0 Å². The molecule has 32 heavy (non-hydrogen) atoms. The molecule has 0 aliphatic heterocycles. The van der Waals surface area contributed by atoms with Crippen molar-refractivity contribution in [1.29, 1.82) is 0 Å². The van der Waals surface area contributed by atoms with Gasteiger partial charge in [0, 0.05) is 12.8 Å². The fraction of sp³-hybridized carbons (Fsp3) is 0.821. The molecule has 0 aromatic carbocycles. The lowest BCUT2D eigenvalue weighted by Gasteiger charge is -2.13. The second-order valence-corrected chi connectivity index (χ2v) is 9.06. The highest BCUT2D eigenvalue weighted by atomic mass is 16.6.